The molecule has 0 saturated heterocycles. The Morgan fingerprint density at radius 2 is 2.00 bits per heavy atom. The second kappa shape index (κ2) is 6.95. The van der Waals surface area contributed by atoms with Gasteiger partial charge in [-0.15, -0.1) is 0 Å². The van der Waals surface area contributed by atoms with Crippen LogP contribution in [0.3, 0.4) is 0 Å². The molecule has 0 spiro atoms. The van der Waals surface area contributed by atoms with Crippen LogP contribution in [0.25, 0.3) is 0 Å². The lowest BCUT2D eigenvalue weighted by Gasteiger charge is -2.10. The molecule has 0 aliphatic carbocycles. The Morgan fingerprint density at radius 1 is 1.25 bits per heavy atom. The minimum atomic E-state index is -0.186. The van der Waals surface area contributed by atoms with Gasteiger partial charge in [-0.2, -0.15) is 0 Å². The lowest BCUT2D eigenvalue weighted by molar-refractivity contribution is -0.118. The molecular weight excluding hydrogens is 302 g/mol. The number of benzene rings is 2. The first-order chi connectivity index (χ1) is 11.5. The molecule has 0 saturated carbocycles. The third-order valence-corrected chi connectivity index (χ3v) is 4.23. The summed E-state index contributed by atoms with van der Waals surface area (Å²) in [6.45, 7) is 7.09. The third kappa shape index (κ3) is 3.70. The SMILES string of the molecule is CC(C)c1ccc(OCC(=O)Nc2ccc3c(c2)OCC3C)cc1. The maximum atomic E-state index is 12.0. The summed E-state index contributed by atoms with van der Waals surface area (Å²) in [5, 5.41) is 2.84. The van der Waals surface area contributed by atoms with E-state index in [1.807, 2.05) is 42.5 Å². The normalized spacial score (nSPS) is 15.8. The van der Waals surface area contributed by atoms with Crippen LogP contribution in [0.2, 0.25) is 0 Å². The molecule has 4 nitrogen and oxygen atoms in total. The largest absolute Gasteiger partial charge is 0.493 e. The van der Waals surface area contributed by atoms with Crippen molar-refractivity contribution in [1.29, 1.82) is 0 Å². The summed E-state index contributed by atoms with van der Waals surface area (Å²) in [6.07, 6.45) is 0. The van der Waals surface area contributed by atoms with Gasteiger partial charge in [0.15, 0.2) is 6.61 Å². The fraction of sp³-hybridized carbons (Fsp3) is 0.350. The topological polar surface area (TPSA) is 47.6 Å². The van der Waals surface area contributed by atoms with E-state index in [1.165, 1.54) is 11.1 Å². The van der Waals surface area contributed by atoms with Crippen LogP contribution in [-0.2, 0) is 4.79 Å². The van der Waals surface area contributed by atoms with E-state index in [0.717, 1.165) is 11.4 Å². The van der Waals surface area contributed by atoms with Gasteiger partial charge in [-0.05, 0) is 29.7 Å². The first-order valence-electron chi connectivity index (χ1n) is 8.32. The van der Waals surface area contributed by atoms with Crippen molar-refractivity contribution < 1.29 is 14.3 Å². The maximum absolute atomic E-state index is 12.0. The Labute approximate surface area is 142 Å². The van der Waals surface area contributed by atoms with Gasteiger partial charge in [0.1, 0.15) is 11.5 Å². The van der Waals surface area contributed by atoms with Crippen LogP contribution >= 0.6 is 0 Å². The molecule has 1 atom stereocenters. The molecular formula is C20H23NO3. The number of fused-ring (bicyclic) bond motifs is 1. The number of carbonyl (C=O) groups is 1. The van der Waals surface area contributed by atoms with Crippen LogP contribution < -0.4 is 14.8 Å². The van der Waals surface area contributed by atoms with E-state index in [9.17, 15) is 4.79 Å². The van der Waals surface area contributed by atoms with Crippen LogP contribution in [0.1, 0.15) is 43.7 Å². The Hall–Kier alpha value is -2.49. The zero-order chi connectivity index (χ0) is 17.1. The van der Waals surface area contributed by atoms with Crippen molar-refractivity contribution in [3.05, 3.63) is 53.6 Å². The molecule has 1 heterocycles. The van der Waals surface area contributed by atoms with Gasteiger partial charge in [-0.25, -0.2) is 0 Å². The minimum absolute atomic E-state index is 0.0185. The van der Waals surface area contributed by atoms with E-state index in [1.54, 1.807) is 0 Å². The van der Waals surface area contributed by atoms with E-state index < -0.39 is 0 Å². The molecule has 3 rings (SSSR count). The quantitative estimate of drug-likeness (QED) is 0.890. The zero-order valence-electron chi connectivity index (χ0n) is 14.3. The molecule has 126 valence electrons. The highest BCUT2D eigenvalue weighted by Crippen LogP contribution is 2.35. The highest BCUT2D eigenvalue weighted by Gasteiger charge is 2.20. The number of rotatable bonds is 5. The summed E-state index contributed by atoms with van der Waals surface area (Å²) in [6, 6.07) is 13.6. The zero-order valence-corrected chi connectivity index (χ0v) is 14.3. The molecule has 0 fully saturated rings. The first-order valence-corrected chi connectivity index (χ1v) is 8.32. The van der Waals surface area contributed by atoms with Crippen molar-refractivity contribution >= 4 is 11.6 Å². The first kappa shape index (κ1) is 16.4. The van der Waals surface area contributed by atoms with Crippen LogP contribution in [0.15, 0.2) is 42.5 Å². The second-order valence-electron chi connectivity index (χ2n) is 6.53. The number of nitrogens with one attached hydrogen (secondary N) is 1. The van der Waals surface area contributed by atoms with E-state index >= 15 is 0 Å². The Balaban J connectivity index is 1.54. The van der Waals surface area contributed by atoms with Crippen molar-refractivity contribution in [2.75, 3.05) is 18.5 Å². The molecule has 0 aromatic heterocycles. The van der Waals surface area contributed by atoms with Gasteiger partial charge in [0.25, 0.3) is 5.91 Å². The number of hydrogen-bond donors (Lipinski definition) is 1. The number of carbonyl (C=O) groups excluding carboxylic acids is 1. The summed E-state index contributed by atoms with van der Waals surface area (Å²) in [5.41, 5.74) is 3.17. The van der Waals surface area contributed by atoms with Crippen LogP contribution in [0.5, 0.6) is 11.5 Å². The number of anilines is 1. The molecule has 0 bridgehead atoms. The van der Waals surface area contributed by atoms with Crippen molar-refractivity contribution in [2.24, 2.45) is 0 Å². The van der Waals surface area contributed by atoms with Crippen LogP contribution in [-0.4, -0.2) is 19.1 Å². The number of hydrogen-bond acceptors (Lipinski definition) is 3. The average Bonchev–Trinajstić information content (AvgIpc) is 2.94. The van der Waals surface area contributed by atoms with Gasteiger partial charge in [-0.3, -0.25) is 4.79 Å². The van der Waals surface area contributed by atoms with Gasteiger partial charge in [-0.1, -0.05) is 39.0 Å². The third-order valence-electron chi connectivity index (χ3n) is 4.23. The summed E-state index contributed by atoms with van der Waals surface area (Å²) < 4.78 is 11.2. The molecule has 1 unspecified atom stereocenters. The molecule has 1 amide bonds. The summed E-state index contributed by atoms with van der Waals surface area (Å²) in [4.78, 5) is 12.0. The van der Waals surface area contributed by atoms with Gasteiger partial charge < -0.3 is 14.8 Å². The van der Waals surface area contributed by atoms with Crippen LogP contribution in [0, 0.1) is 0 Å². The Kier molecular flexibility index (Phi) is 4.74. The predicted octanol–water partition coefficient (Wildman–Crippen LogP) is 4.32. The monoisotopic (exact) mass is 325 g/mol. The lowest BCUT2D eigenvalue weighted by Crippen LogP contribution is -2.20. The standard InChI is InChI=1S/C20H23NO3/c1-13(2)15-4-7-17(8-5-15)23-12-20(22)21-16-6-9-18-14(3)11-24-19(18)10-16/h4-10,13-14H,11-12H2,1-3H3,(H,21,22). The van der Waals surface area contributed by atoms with E-state index in [0.29, 0.717) is 24.2 Å². The smallest absolute Gasteiger partial charge is 0.262 e. The number of ether oxygens (including phenoxy) is 2. The van der Waals surface area contributed by atoms with Crippen molar-refractivity contribution in [3.63, 3.8) is 0 Å². The van der Waals surface area contributed by atoms with E-state index in [4.69, 9.17) is 9.47 Å². The highest BCUT2D eigenvalue weighted by molar-refractivity contribution is 5.92. The fourth-order valence-corrected chi connectivity index (χ4v) is 2.74. The molecule has 2 aromatic rings. The fourth-order valence-electron chi connectivity index (χ4n) is 2.74. The Morgan fingerprint density at radius 3 is 2.71 bits per heavy atom. The van der Waals surface area contributed by atoms with Gasteiger partial charge in [0.05, 0.1) is 6.61 Å². The summed E-state index contributed by atoms with van der Waals surface area (Å²) >= 11 is 0. The lowest BCUT2D eigenvalue weighted by atomic mass is 10.0. The molecule has 2 aromatic carbocycles. The van der Waals surface area contributed by atoms with E-state index in [-0.39, 0.29) is 12.5 Å². The Bertz CT molecular complexity index is 722. The van der Waals surface area contributed by atoms with Crippen molar-refractivity contribution in [2.45, 2.75) is 32.6 Å². The minimum Gasteiger partial charge on any atom is -0.493 e. The molecule has 0 radical (unpaired) electrons. The molecule has 4 heteroatoms. The van der Waals surface area contributed by atoms with Crippen LogP contribution in [0.4, 0.5) is 5.69 Å². The molecule has 1 aliphatic rings. The second-order valence-corrected chi connectivity index (χ2v) is 6.53. The van der Waals surface area contributed by atoms with Gasteiger partial charge in [0, 0.05) is 23.2 Å². The maximum Gasteiger partial charge on any atom is 0.262 e. The summed E-state index contributed by atoms with van der Waals surface area (Å²) in [7, 11) is 0. The van der Waals surface area contributed by atoms with Crippen molar-refractivity contribution in [3.8, 4) is 11.5 Å². The molecule has 1 aliphatic heterocycles. The van der Waals surface area contributed by atoms with Gasteiger partial charge in [0.2, 0.25) is 0 Å². The average molecular weight is 325 g/mol. The number of amides is 1. The van der Waals surface area contributed by atoms with Crippen molar-refractivity contribution in [1.82, 2.24) is 0 Å². The van der Waals surface area contributed by atoms with E-state index in [2.05, 4.69) is 26.1 Å². The predicted molar refractivity (Wildman–Crippen MR) is 95.0 cm³/mol. The van der Waals surface area contributed by atoms with Gasteiger partial charge >= 0.3 is 0 Å². The summed E-state index contributed by atoms with van der Waals surface area (Å²) in [5.74, 6) is 2.24. The molecule has 1 N–H and O–H groups in total. The highest BCUT2D eigenvalue weighted by atomic mass is 16.5. The molecule has 24 heavy (non-hydrogen) atoms.